The van der Waals surface area contributed by atoms with Crippen LogP contribution < -0.4 is 5.32 Å². The molecule has 2 aliphatic heterocycles. The molecule has 3 rings (SSSR count). The molecule has 0 aliphatic carbocycles. The van der Waals surface area contributed by atoms with Crippen LogP contribution in [0.2, 0.25) is 0 Å². The van der Waals surface area contributed by atoms with Crippen molar-refractivity contribution in [2.45, 2.75) is 6.92 Å². The molecule has 18 heavy (non-hydrogen) atoms. The predicted molar refractivity (Wildman–Crippen MR) is 67.4 cm³/mol. The molecule has 1 aromatic carbocycles. The molecule has 2 aliphatic rings. The molecule has 0 spiro atoms. The van der Waals surface area contributed by atoms with Crippen LogP contribution in [0.25, 0.3) is 0 Å². The fraction of sp³-hybridized carbons (Fsp3) is 0.286. The van der Waals surface area contributed by atoms with E-state index in [1.807, 2.05) is 6.92 Å². The van der Waals surface area contributed by atoms with Gasteiger partial charge in [-0.05, 0) is 24.6 Å². The summed E-state index contributed by atoms with van der Waals surface area (Å²) in [5.41, 5.74) is 3.45. The zero-order valence-corrected chi connectivity index (χ0v) is 10.2. The van der Waals surface area contributed by atoms with E-state index in [9.17, 15) is 9.59 Å². The normalized spacial score (nSPS) is 17.8. The number of hydrogen-bond acceptors (Lipinski definition) is 3. The van der Waals surface area contributed by atoms with Crippen LogP contribution in [0, 0.1) is 0 Å². The molecule has 1 N–H and O–H groups in total. The summed E-state index contributed by atoms with van der Waals surface area (Å²) in [5.74, 6) is -0.356. The summed E-state index contributed by atoms with van der Waals surface area (Å²) < 4.78 is 0. The topological polar surface area (TPSA) is 49.4 Å². The van der Waals surface area contributed by atoms with Crippen molar-refractivity contribution in [1.29, 1.82) is 0 Å². The van der Waals surface area contributed by atoms with Gasteiger partial charge in [0.25, 0.3) is 11.8 Å². The fourth-order valence-electron chi connectivity index (χ4n) is 2.28. The van der Waals surface area contributed by atoms with Gasteiger partial charge < -0.3 is 5.32 Å². The molecular formula is C14H14N2O2. The maximum atomic E-state index is 12.1. The van der Waals surface area contributed by atoms with E-state index in [-0.39, 0.29) is 11.8 Å². The van der Waals surface area contributed by atoms with E-state index in [1.54, 1.807) is 24.3 Å². The fourth-order valence-corrected chi connectivity index (χ4v) is 2.28. The zero-order valence-electron chi connectivity index (χ0n) is 10.2. The molecule has 4 nitrogen and oxygen atoms in total. The van der Waals surface area contributed by atoms with Gasteiger partial charge in [0.15, 0.2) is 0 Å². The standard InChI is InChI=1S/C14H14N2O2/c1-9(10-6-15-7-10)8-16-13(17)11-4-2-3-5-12(11)14(16)18/h2-5,15H,6-8H2,1H3. The lowest BCUT2D eigenvalue weighted by molar-refractivity contribution is 0.0667. The average molecular weight is 242 g/mol. The molecule has 2 heterocycles. The van der Waals surface area contributed by atoms with Crippen molar-refractivity contribution < 1.29 is 9.59 Å². The van der Waals surface area contributed by atoms with Crippen molar-refractivity contribution in [2.75, 3.05) is 19.6 Å². The number of imide groups is 1. The summed E-state index contributed by atoms with van der Waals surface area (Å²) in [6.07, 6.45) is 0. The number of carbonyl (C=O) groups is 2. The van der Waals surface area contributed by atoms with Gasteiger partial charge in [0.2, 0.25) is 0 Å². The first-order valence-electron chi connectivity index (χ1n) is 6.02. The van der Waals surface area contributed by atoms with Gasteiger partial charge in [0, 0.05) is 13.1 Å². The summed E-state index contributed by atoms with van der Waals surface area (Å²) in [6.45, 7) is 4.13. The highest BCUT2D eigenvalue weighted by Gasteiger charge is 2.35. The quantitative estimate of drug-likeness (QED) is 0.626. The smallest absolute Gasteiger partial charge is 0.261 e. The third-order valence-corrected chi connectivity index (χ3v) is 3.55. The van der Waals surface area contributed by atoms with Gasteiger partial charge in [-0.3, -0.25) is 14.5 Å². The number of rotatable bonds is 2. The zero-order chi connectivity index (χ0) is 12.7. The molecule has 1 saturated heterocycles. The summed E-state index contributed by atoms with van der Waals surface area (Å²) in [7, 11) is 0. The molecule has 92 valence electrons. The Balaban J connectivity index is 1.88. The van der Waals surface area contributed by atoms with E-state index < -0.39 is 0 Å². The Kier molecular flexibility index (Phi) is 2.52. The lowest BCUT2D eigenvalue weighted by atomic mass is 10.0. The molecular weight excluding hydrogens is 228 g/mol. The summed E-state index contributed by atoms with van der Waals surface area (Å²) in [5, 5.41) is 3.16. The third-order valence-electron chi connectivity index (χ3n) is 3.55. The van der Waals surface area contributed by atoms with Crippen molar-refractivity contribution in [2.24, 2.45) is 0 Å². The largest absolute Gasteiger partial charge is 0.309 e. The van der Waals surface area contributed by atoms with Crippen molar-refractivity contribution >= 4 is 11.8 Å². The minimum atomic E-state index is -0.178. The molecule has 0 saturated carbocycles. The first kappa shape index (κ1) is 11.2. The van der Waals surface area contributed by atoms with Crippen molar-refractivity contribution in [1.82, 2.24) is 10.2 Å². The summed E-state index contributed by atoms with van der Waals surface area (Å²) in [6, 6.07) is 7.00. The Labute approximate surface area is 105 Å². The van der Waals surface area contributed by atoms with Gasteiger partial charge in [0.1, 0.15) is 0 Å². The maximum Gasteiger partial charge on any atom is 0.261 e. The maximum absolute atomic E-state index is 12.1. The highest BCUT2D eigenvalue weighted by atomic mass is 16.2. The van der Waals surface area contributed by atoms with Crippen molar-refractivity contribution in [3.05, 3.63) is 46.5 Å². The minimum absolute atomic E-state index is 0.178. The van der Waals surface area contributed by atoms with Crippen LogP contribution in [0.4, 0.5) is 0 Å². The second-order valence-electron chi connectivity index (χ2n) is 4.73. The molecule has 2 amide bonds. The molecule has 1 aromatic rings. The Morgan fingerprint density at radius 1 is 1.17 bits per heavy atom. The van der Waals surface area contributed by atoms with Crippen LogP contribution in [0.5, 0.6) is 0 Å². The molecule has 0 atom stereocenters. The Hall–Kier alpha value is -1.94. The van der Waals surface area contributed by atoms with E-state index in [2.05, 4.69) is 5.32 Å². The molecule has 0 aromatic heterocycles. The number of carbonyl (C=O) groups excluding carboxylic acids is 2. The molecule has 0 radical (unpaired) electrons. The lowest BCUT2D eigenvalue weighted by Gasteiger charge is -2.24. The SMILES string of the molecule is CC(CN1C(=O)c2ccccc2C1=O)=C1CNC1. The number of fused-ring (bicyclic) bond motifs is 1. The first-order chi connectivity index (χ1) is 8.68. The Morgan fingerprint density at radius 2 is 1.72 bits per heavy atom. The highest BCUT2D eigenvalue weighted by Crippen LogP contribution is 2.24. The van der Waals surface area contributed by atoms with E-state index in [0.717, 1.165) is 18.7 Å². The summed E-state index contributed by atoms with van der Waals surface area (Å²) in [4.78, 5) is 25.6. The number of hydrogen-bond donors (Lipinski definition) is 1. The second kappa shape index (κ2) is 4.07. The monoisotopic (exact) mass is 242 g/mol. The molecule has 1 fully saturated rings. The number of nitrogens with zero attached hydrogens (tertiary/aromatic N) is 1. The number of nitrogens with one attached hydrogen (secondary N) is 1. The van der Waals surface area contributed by atoms with Gasteiger partial charge in [-0.25, -0.2) is 0 Å². The molecule has 0 bridgehead atoms. The van der Waals surface area contributed by atoms with Crippen LogP contribution in [-0.2, 0) is 0 Å². The second-order valence-corrected chi connectivity index (χ2v) is 4.73. The van der Waals surface area contributed by atoms with E-state index in [1.165, 1.54) is 10.5 Å². The van der Waals surface area contributed by atoms with Gasteiger partial charge in [0.05, 0.1) is 17.7 Å². The van der Waals surface area contributed by atoms with E-state index in [4.69, 9.17) is 0 Å². The molecule has 4 heteroatoms. The Bertz CT molecular complexity index is 534. The third kappa shape index (κ3) is 1.57. The van der Waals surface area contributed by atoms with Crippen molar-refractivity contribution in [3.8, 4) is 0 Å². The van der Waals surface area contributed by atoms with E-state index in [0.29, 0.717) is 17.7 Å². The highest BCUT2D eigenvalue weighted by molar-refractivity contribution is 6.21. The van der Waals surface area contributed by atoms with Crippen LogP contribution >= 0.6 is 0 Å². The van der Waals surface area contributed by atoms with Crippen LogP contribution in [0.3, 0.4) is 0 Å². The van der Waals surface area contributed by atoms with Gasteiger partial charge >= 0.3 is 0 Å². The van der Waals surface area contributed by atoms with Gasteiger partial charge in [-0.15, -0.1) is 0 Å². The number of benzene rings is 1. The first-order valence-corrected chi connectivity index (χ1v) is 6.02. The van der Waals surface area contributed by atoms with E-state index >= 15 is 0 Å². The van der Waals surface area contributed by atoms with Crippen LogP contribution in [0.1, 0.15) is 27.6 Å². The van der Waals surface area contributed by atoms with Crippen LogP contribution in [-0.4, -0.2) is 36.3 Å². The van der Waals surface area contributed by atoms with Gasteiger partial charge in [-0.2, -0.15) is 0 Å². The minimum Gasteiger partial charge on any atom is -0.309 e. The van der Waals surface area contributed by atoms with Gasteiger partial charge in [-0.1, -0.05) is 17.7 Å². The summed E-state index contributed by atoms with van der Waals surface area (Å²) >= 11 is 0. The van der Waals surface area contributed by atoms with Crippen molar-refractivity contribution in [3.63, 3.8) is 0 Å². The molecule has 0 unspecified atom stereocenters. The number of amides is 2. The van der Waals surface area contributed by atoms with Crippen LogP contribution in [0.15, 0.2) is 35.4 Å². The average Bonchev–Trinajstić information content (AvgIpc) is 2.53. The Morgan fingerprint density at radius 3 is 2.17 bits per heavy atom. The predicted octanol–water partition coefficient (Wildman–Crippen LogP) is 1.20. The lowest BCUT2D eigenvalue weighted by Crippen LogP contribution is -2.38.